The Morgan fingerprint density at radius 2 is 1.72 bits per heavy atom. The van der Waals surface area contributed by atoms with Crippen LogP contribution in [-0.2, 0) is 28.3 Å². The number of aliphatic hydroxyl groups excluding tert-OH is 1. The van der Waals surface area contributed by atoms with Gasteiger partial charge in [-0.25, -0.2) is 0 Å². The monoisotopic (exact) mass is 659 g/mol. The van der Waals surface area contributed by atoms with Crippen molar-refractivity contribution in [2.75, 3.05) is 12.3 Å². The fourth-order valence-electron chi connectivity index (χ4n) is 4.20. The number of nitrogen functional groups attached to an aromatic ring is 1. The van der Waals surface area contributed by atoms with E-state index in [1.807, 2.05) is 0 Å². The number of hydrogen-bond acceptors (Lipinski definition) is 14. The first-order valence-corrected chi connectivity index (χ1v) is 16.4. The number of carbonyl (C=O) groups excluding carboxylic acids is 2. The van der Waals surface area contributed by atoms with Gasteiger partial charge in [-0.2, -0.15) is 0 Å². The van der Waals surface area contributed by atoms with Crippen LogP contribution in [0.25, 0.3) is 11.2 Å². The van der Waals surface area contributed by atoms with Crippen molar-refractivity contribution in [1.82, 2.24) is 29.7 Å². The van der Waals surface area contributed by atoms with E-state index in [1.165, 1.54) is 13.8 Å². The average molecular weight is 660 g/mol. The number of nitrogens with two attached hydrogens (primary N) is 1. The number of aliphatic hydroxyl groups is 1. The van der Waals surface area contributed by atoms with E-state index in [0.29, 0.717) is 0 Å². The Bertz CT molecular complexity index is 1340. The number of alkyl halides is 3. The number of nitrogens with one attached hydrogen (secondary N) is 3. The van der Waals surface area contributed by atoms with Crippen molar-refractivity contribution in [2.45, 2.75) is 96.4 Å². The summed E-state index contributed by atoms with van der Waals surface area (Å²) in [7, 11) is 0. The molecule has 0 aromatic carbocycles. The van der Waals surface area contributed by atoms with Crippen molar-refractivity contribution in [3.05, 3.63) is 16.7 Å². The Morgan fingerprint density at radius 1 is 1.19 bits per heavy atom. The van der Waals surface area contributed by atoms with Gasteiger partial charge in [0.15, 0.2) is 0 Å². The van der Waals surface area contributed by atoms with Crippen LogP contribution in [-0.4, -0.2) is 91.8 Å². The molecule has 0 saturated carbocycles. The van der Waals surface area contributed by atoms with Crippen molar-refractivity contribution in [2.24, 2.45) is 0 Å². The maximum atomic E-state index is 15.5. The van der Waals surface area contributed by atoms with Crippen LogP contribution in [0.1, 0.15) is 47.8 Å². The van der Waals surface area contributed by atoms with Gasteiger partial charge in [-0.1, -0.05) is 0 Å². The van der Waals surface area contributed by atoms with E-state index in [9.17, 15) is 28.3 Å². The minimum absolute atomic E-state index is 0.273. The Hall–Kier alpha value is -2.54. The predicted octanol–water partition coefficient (Wildman–Crippen LogP) is 1.15. The van der Waals surface area contributed by atoms with Crippen LogP contribution >= 0.6 is 19.2 Å². The third-order valence-corrected chi connectivity index (χ3v) is 9.62. The van der Waals surface area contributed by atoms with Gasteiger partial charge in [0, 0.05) is 0 Å². The SMILES string of the molecule is CC(C)OC(=O)[C@H](C)N[PH](S)(N[C@@H](C)C(=O)OC(C)C)OC[C@@]1(C(F)F)O[C@@H](n2cnc3c(=O)[nH]c(N)nc32)[C@H](F)[C@@H]1O. The average Bonchev–Trinajstić information content (AvgIpc) is 3.41. The van der Waals surface area contributed by atoms with Crippen molar-refractivity contribution < 1.29 is 46.6 Å². The summed E-state index contributed by atoms with van der Waals surface area (Å²) in [4.78, 5) is 47.1. The molecule has 6 atom stereocenters. The molecule has 1 saturated heterocycles. The van der Waals surface area contributed by atoms with Crippen LogP contribution in [0.4, 0.5) is 19.1 Å². The molecule has 20 heteroatoms. The van der Waals surface area contributed by atoms with Crippen molar-refractivity contribution in [1.29, 1.82) is 0 Å². The van der Waals surface area contributed by atoms with Crippen molar-refractivity contribution >= 4 is 48.3 Å². The zero-order valence-electron chi connectivity index (χ0n) is 24.2. The number of rotatable bonds is 13. The molecule has 15 nitrogen and oxygen atoms in total. The number of esters is 2. The van der Waals surface area contributed by atoms with E-state index < -0.39 is 85.9 Å². The molecule has 3 rings (SSSR count). The third-order valence-electron chi connectivity index (χ3n) is 6.25. The fraction of sp³-hybridized carbons (Fsp3) is 0.696. The molecule has 1 aliphatic heterocycles. The zero-order chi connectivity index (χ0) is 32.4. The van der Waals surface area contributed by atoms with Gasteiger partial charge in [0.25, 0.3) is 0 Å². The zero-order valence-corrected chi connectivity index (χ0v) is 26.1. The fourth-order valence-corrected chi connectivity index (χ4v) is 7.65. The van der Waals surface area contributed by atoms with E-state index in [1.54, 1.807) is 27.7 Å². The Labute approximate surface area is 250 Å². The number of thiol groups is 1. The molecular formula is C23H37F3N7O8PS. The number of aromatic amines is 1. The molecule has 244 valence electrons. The summed E-state index contributed by atoms with van der Waals surface area (Å²) in [5.41, 5.74) is 1.27. The first kappa shape index (κ1) is 34.9. The van der Waals surface area contributed by atoms with Crippen LogP contribution < -0.4 is 21.5 Å². The van der Waals surface area contributed by atoms with Gasteiger partial charge >= 0.3 is 250 Å². The van der Waals surface area contributed by atoms with Crippen molar-refractivity contribution in [3.63, 3.8) is 0 Å². The third kappa shape index (κ3) is 7.76. The molecule has 1 fully saturated rings. The minimum atomic E-state index is -4.11. The molecule has 0 unspecified atom stereocenters. The number of ether oxygens (including phenoxy) is 3. The molecule has 0 bridgehead atoms. The van der Waals surface area contributed by atoms with Gasteiger partial charge in [-0.3, -0.25) is 0 Å². The number of fused-ring (bicyclic) bond motifs is 1. The van der Waals surface area contributed by atoms with Gasteiger partial charge < -0.3 is 0 Å². The molecule has 2 aromatic heterocycles. The molecule has 2 aromatic rings. The first-order chi connectivity index (χ1) is 19.9. The number of nitrogens with zero attached hydrogens (tertiary/aromatic N) is 3. The van der Waals surface area contributed by atoms with Crippen molar-refractivity contribution in [3.8, 4) is 0 Å². The summed E-state index contributed by atoms with van der Waals surface area (Å²) >= 11 is 4.48. The van der Waals surface area contributed by atoms with E-state index in [-0.39, 0.29) is 17.1 Å². The number of hydrogen-bond donors (Lipinski definition) is 6. The van der Waals surface area contributed by atoms with E-state index >= 15 is 4.39 Å². The second-order valence-electron chi connectivity index (χ2n) is 10.6. The molecule has 6 N–H and O–H groups in total. The molecule has 1 aliphatic rings. The normalized spacial score (nSPS) is 24.6. The van der Waals surface area contributed by atoms with Crippen LogP contribution in [0.5, 0.6) is 0 Å². The number of H-pyrrole nitrogens is 1. The second kappa shape index (κ2) is 13.6. The number of imidazole rings is 1. The molecule has 3 heterocycles. The summed E-state index contributed by atoms with van der Waals surface area (Å²) in [5.74, 6) is -1.82. The number of carbonyl (C=O) groups is 2. The van der Waals surface area contributed by atoms with E-state index in [0.717, 1.165) is 10.9 Å². The predicted molar refractivity (Wildman–Crippen MR) is 153 cm³/mol. The molecule has 0 aliphatic carbocycles. The summed E-state index contributed by atoms with van der Waals surface area (Å²) in [5, 5.41) is 16.3. The van der Waals surface area contributed by atoms with Gasteiger partial charge in [-0.15, -0.1) is 0 Å². The van der Waals surface area contributed by atoms with E-state index in [2.05, 4.69) is 37.4 Å². The van der Waals surface area contributed by atoms with Gasteiger partial charge in [0.1, 0.15) is 0 Å². The maximum absolute atomic E-state index is 15.5. The first-order valence-electron chi connectivity index (χ1n) is 13.2. The Kier molecular flexibility index (Phi) is 11.1. The molecule has 0 spiro atoms. The second-order valence-corrected chi connectivity index (χ2v) is 14.6. The topological polar surface area (TPSA) is 205 Å². The van der Waals surface area contributed by atoms with Crippen LogP contribution in [0.15, 0.2) is 11.1 Å². The summed E-state index contributed by atoms with van der Waals surface area (Å²) in [6.07, 6.45) is -10.4. The molecule has 0 amide bonds. The van der Waals surface area contributed by atoms with Crippen LogP contribution in [0, 0.1) is 0 Å². The van der Waals surface area contributed by atoms with Crippen LogP contribution in [0.3, 0.4) is 0 Å². The molecular weight excluding hydrogens is 622 g/mol. The standard InChI is InChI=1S/C23H37F3N7O8PS/c1-9(2)39-19(36)11(5)31-42(43,32-12(6)20(37)40-10(3)4)38-7-23(21(25)26)15(34)13(24)18(41-23)33-8-28-14-16(33)29-22(27)30-17(14)35/h8-13,15,18,21,31-32,34,42-43H,7H2,1-6H3,(H3,27,29,30,35)/t11-,12-,13+,15-,18+,23+/m0/s1. The summed E-state index contributed by atoms with van der Waals surface area (Å²) in [6, 6.07) is -2.23. The Morgan fingerprint density at radius 3 is 2.21 bits per heavy atom. The summed E-state index contributed by atoms with van der Waals surface area (Å²) < 4.78 is 67.3. The van der Waals surface area contributed by atoms with E-state index in [4.69, 9.17) is 24.5 Å². The van der Waals surface area contributed by atoms with Gasteiger partial charge in [-0.05, 0) is 0 Å². The quantitative estimate of drug-likeness (QED) is 0.102. The molecule has 0 radical (unpaired) electrons. The summed E-state index contributed by atoms with van der Waals surface area (Å²) in [6.45, 7) is 3.99. The Balaban J connectivity index is 1.93. The number of halogens is 3. The number of aromatic nitrogens is 4. The number of anilines is 1. The van der Waals surface area contributed by atoms with Gasteiger partial charge in [0.05, 0.1) is 0 Å². The van der Waals surface area contributed by atoms with Gasteiger partial charge in [0.2, 0.25) is 0 Å². The van der Waals surface area contributed by atoms with Crippen LogP contribution in [0.2, 0.25) is 0 Å². The molecule has 43 heavy (non-hydrogen) atoms.